The molecule has 86 valence electrons. The van der Waals surface area contributed by atoms with Crippen molar-refractivity contribution in [3.8, 4) is 0 Å². The van der Waals surface area contributed by atoms with Gasteiger partial charge in [-0.25, -0.2) is 0 Å². The molecule has 17 heavy (non-hydrogen) atoms. The van der Waals surface area contributed by atoms with Crippen molar-refractivity contribution in [3.05, 3.63) is 53.2 Å². The molecular weight excluding hydrogens is 234 g/mol. The maximum atomic E-state index is 5.69. The molecule has 4 heteroatoms. The third kappa shape index (κ3) is 2.39. The summed E-state index contributed by atoms with van der Waals surface area (Å²) in [5.74, 6) is 1.38. The first-order valence-electron chi connectivity index (χ1n) is 5.63. The topological polar surface area (TPSA) is 37.8 Å². The van der Waals surface area contributed by atoms with E-state index in [2.05, 4.69) is 39.8 Å². The van der Waals surface area contributed by atoms with Gasteiger partial charge >= 0.3 is 0 Å². The monoisotopic (exact) mass is 245 g/mol. The quantitative estimate of drug-likeness (QED) is 0.903. The number of aromatic nitrogens is 2. The first-order chi connectivity index (χ1) is 8.33. The SMILES string of the molecule is Clc1ccc(NC2CC2c2ccccc2)nn1. The number of hydrogen-bond donors (Lipinski definition) is 1. The van der Waals surface area contributed by atoms with Crippen molar-refractivity contribution in [2.24, 2.45) is 0 Å². The van der Waals surface area contributed by atoms with Crippen molar-refractivity contribution in [3.63, 3.8) is 0 Å². The molecule has 3 rings (SSSR count). The molecule has 0 spiro atoms. The van der Waals surface area contributed by atoms with Crippen LogP contribution in [0.4, 0.5) is 5.82 Å². The van der Waals surface area contributed by atoms with Gasteiger partial charge in [0, 0.05) is 12.0 Å². The van der Waals surface area contributed by atoms with Gasteiger partial charge < -0.3 is 5.32 Å². The Bertz CT molecular complexity index is 498. The Morgan fingerprint density at radius 1 is 1.06 bits per heavy atom. The highest BCUT2D eigenvalue weighted by molar-refractivity contribution is 6.29. The van der Waals surface area contributed by atoms with Crippen LogP contribution in [0.2, 0.25) is 5.15 Å². The van der Waals surface area contributed by atoms with Gasteiger partial charge in [0.15, 0.2) is 5.15 Å². The first-order valence-corrected chi connectivity index (χ1v) is 6.01. The van der Waals surface area contributed by atoms with E-state index in [0.29, 0.717) is 17.1 Å². The summed E-state index contributed by atoms with van der Waals surface area (Å²) in [6.45, 7) is 0. The van der Waals surface area contributed by atoms with Crippen molar-refractivity contribution in [2.75, 3.05) is 5.32 Å². The second-order valence-electron chi connectivity index (χ2n) is 4.25. The third-order valence-corrected chi connectivity index (χ3v) is 3.19. The number of nitrogens with one attached hydrogen (secondary N) is 1. The molecule has 0 amide bonds. The average molecular weight is 246 g/mol. The van der Waals surface area contributed by atoms with Gasteiger partial charge in [-0.3, -0.25) is 0 Å². The van der Waals surface area contributed by atoms with Gasteiger partial charge in [0.2, 0.25) is 0 Å². The van der Waals surface area contributed by atoms with E-state index in [0.717, 1.165) is 12.2 Å². The van der Waals surface area contributed by atoms with Crippen molar-refractivity contribution in [1.82, 2.24) is 10.2 Å². The molecule has 1 aliphatic rings. The fourth-order valence-corrected chi connectivity index (χ4v) is 2.11. The maximum absolute atomic E-state index is 5.69. The summed E-state index contributed by atoms with van der Waals surface area (Å²) in [6.07, 6.45) is 1.15. The molecule has 3 nitrogen and oxygen atoms in total. The fraction of sp³-hybridized carbons (Fsp3) is 0.231. The minimum atomic E-state index is 0.422. The molecule has 1 fully saturated rings. The fourth-order valence-electron chi connectivity index (χ4n) is 2.01. The van der Waals surface area contributed by atoms with E-state index in [9.17, 15) is 0 Å². The van der Waals surface area contributed by atoms with Crippen LogP contribution in [-0.2, 0) is 0 Å². The summed E-state index contributed by atoms with van der Waals surface area (Å²) in [5, 5.41) is 11.6. The van der Waals surface area contributed by atoms with Crippen LogP contribution in [0.3, 0.4) is 0 Å². The standard InChI is InChI=1S/C13H12ClN3/c14-12-6-7-13(17-16-12)15-11-8-10(11)9-4-2-1-3-5-9/h1-7,10-11H,8H2,(H,15,17). The second kappa shape index (κ2) is 4.34. The van der Waals surface area contributed by atoms with Crippen LogP contribution >= 0.6 is 11.6 Å². The van der Waals surface area contributed by atoms with Gasteiger partial charge in [0.25, 0.3) is 0 Å². The Morgan fingerprint density at radius 2 is 1.88 bits per heavy atom. The summed E-state index contributed by atoms with van der Waals surface area (Å²) in [7, 11) is 0. The van der Waals surface area contributed by atoms with Crippen LogP contribution in [-0.4, -0.2) is 16.2 Å². The molecule has 1 aromatic carbocycles. The molecule has 2 aromatic rings. The Morgan fingerprint density at radius 3 is 2.59 bits per heavy atom. The Balaban J connectivity index is 1.64. The zero-order valence-corrected chi connectivity index (χ0v) is 9.93. The van der Waals surface area contributed by atoms with Gasteiger partial charge in [0.1, 0.15) is 5.82 Å². The summed E-state index contributed by atoms with van der Waals surface area (Å²) in [5.41, 5.74) is 1.38. The molecule has 1 N–H and O–H groups in total. The number of hydrogen-bond acceptors (Lipinski definition) is 3. The minimum absolute atomic E-state index is 0.422. The van der Waals surface area contributed by atoms with Crippen LogP contribution < -0.4 is 5.32 Å². The Kier molecular flexibility index (Phi) is 2.69. The van der Waals surface area contributed by atoms with Gasteiger partial charge in [-0.05, 0) is 24.1 Å². The smallest absolute Gasteiger partial charge is 0.151 e. The third-order valence-electron chi connectivity index (χ3n) is 2.98. The number of anilines is 1. The van der Waals surface area contributed by atoms with Crippen LogP contribution in [0, 0.1) is 0 Å². The van der Waals surface area contributed by atoms with Gasteiger partial charge in [-0.1, -0.05) is 41.9 Å². The van der Waals surface area contributed by atoms with E-state index in [-0.39, 0.29) is 0 Å². The average Bonchev–Trinajstić information content (AvgIpc) is 3.13. The predicted molar refractivity (Wildman–Crippen MR) is 68.3 cm³/mol. The van der Waals surface area contributed by atoms with Crippen LogP contribution in [0.1, 0.15) is 17.9 Å². The Labute approximate surface area is 105 Å². The molecule has 1 aromatic heterocycles. The lowest BCUT2D eigenvalue weighted by Crippen LogP contribution is -2.06. The van der Waals surface area contributed by atoms with Crippen LogP contribution in [0.25, 0.3) is 0 Å². The van der Waals surface area contributed by atoms with Crippen molar-refractivity contribution in [1.29, 1.82) is 0 Å². The lowest BCUT2D eigenvalue weighted by atomic mass is 10.1. The van der Waals surface area contributed by atoms with E-state index in [1.807, 2.05) is 12.1 Å². The van der Waals surface area contributed by atoms with Gasteiger partial charge in [0.05, 0.1) is 0 Å². The summed E-state index contributed by atoms with van der Waals surface area (Å²) in [6, 6.07) is 14.6. The van der Waals surface area contributed by atoms with Crippen LogP contribution in [0.5, 0.6) is 0 Å². The largest absolute Gasteiger partial charge is 0.365 e. The summed E-state index contributed by atoms with van der Waals surface area (Å²) < 4.78 is 0. The van der Waals surface area contributed by atoms with Gasteiger partial charge in [-0.15, -0.1) is 10.2 Å². The minimum Gasteiger partial charge on any atom is -0.365 e. The van der Waals surface area contributed by atoms with Crippen molar-refractivity contribution >= 4 is 17.4 Å². The van der Waals surface area contributed by atoms with Gasteiger partial charge in [-0.2, -0.15) is 0 Å². The Hall–Kier alpha value is -1.61. The first kappa shape index (κ1) is 10.5. The van der Waals surface area contributed by atoms with E-state index in [1.165, 1.54) is 5.56 Å². The van der Waals surface area contributed by atoms with Crippen molar-refractivity contribution in [2.45, 2.75) is 18.4 Å². The van der Waals surface area contributed by atoms with E-state index >= 15 is 0 Å². The van der Waals surface area contributed by atoms with E-state index in [1.54, 1.807) is 6.07 Å². The lowest BCUT2D eigenvalue weighted by Gasteiger charge is -2.04. The molecular formula is C13H12ClN3. The highest BCUT2D eigenvalue weighted by atomic mass is 35.5. The molecule has 2 atom stereocenters. The highest BCUT2D eigenvalue weighted by Crippen LogP contribution is 2.42. The maximum Gasteiger partial charge on any atom is 0.151 e. The molecule has 0 radical (unpaired) electrons. The number of nitrogens with zero attached hydrogens (tertiary/aromatic N) is 2. The van der Waals surface area contributed by atoms with Crippen molar-refractivity contribution < 1.29 is 0 Å². The zero-order valence-electron chi connectivity index (χ0n) is 9.18. The van der Waals surface area contributed by atoms with Crippen LogP contribution in [0.15, 0.2) is 42.5 Å². The molecule has 1 aliphatic carbocycles. The van der Waals surface area contributed by atoms with E-state index < -0.39 is 0 Å². The summed E-state index contributed by atoms with van der Waals surface area (Å²) in [4.78, 5) is 0. The molecule has 0 aliphatic heterocycles. The molecule has 0 bridgehead atoms. The molecule has 1 saturated carbocycles. The molecule has 1 heterocycles. The molecule has 0 saturated heterocycles. The lowest BCUT2D eigenvalue weighted by molar-refractivity contribution is 0.977. The zero-order chi connectivity index (χ0) is 11.7. The normalized spacial score (nSPS) is 22.2. The number of rotatable bonds is 3. The summed E-state index contributed by atoms with van der Waals surface area (Å²) >= 11 is 5.69. The number of halogens is 1. The highest BCUT2D eigenvalue weighted by Gasteiger charge is 2.38. The number of benzene rings is 1. The van der Waals surface area contributed by atoms with E-state index in [4.69, 9.17) is 11.6 Å². The second-order valence-corrected chi connectivity index (χ2v) is 4.63. The predicted octanol–water partition coefficient (Wildman–Crippen LogP) is 3.10. The molecule has 2 unspecified atom stereocenters.